The molecular weight excluding hydrogens is 399 g/mol. The Morgan fingerprint density at radius 3 is 2.34 bits per heavy atom. The van der Waals surface area contributed by atoms with E-state index in [-0.39, 0.29) is 24.3 Å². The van der Waals surface area contributed by atoms with E-state index in [1.807, 2.05) is 0 Å². The molecule has 0 fully saturated rings. The number of ether oxygens (including phenoxy) is 1. The Labute approximate surface area is 169 Å². The fraction of sp³-hybridized carbons (Fsp3) is 0.300. The van der Waals surface area contributed by atoms with E-state index in [1.54, 1.807) is 32.0 Å². The third-order valence-corrected chi connectivity index (χ3v) is 5.23. The van der Waals surface area contributed by atoms with Crippen LogP contribution in [0.3, 0.4) is 0 Å². The van der Waals surface area contributed by atoms with E-state index in [0.717, 1.165) is 22.7 Å². The lowest BCUT2D eigenvalue weighted by molar-refractivity contribution is -0.117. The highest BCUT2D eigenvalue weighted by atomic mass is 32.2. The van der Waals surface area contributed by atoms with Crippen LogP contribution in [0.25, 0.3) is 0 Å². The molecule has 0 aliphatic heterocycles. The summed E-state index contributed by atoms with van der Waals surface area (Å²) in [6, 6.07) is 9.94. The number of carbonyl (C=O) groups excluding carboxylic acids is 2. The highest BCUT2D eigenvalue weighted by molar-refractivity contribution is 7.92. The lowest BCUT2D eigenvalue weighted by Crippen LogP contribution is -2.47. The third-order valence-electron chi connectivity index (χ3n) is 4.05. The standard InChI is InChI=1S/C20H23FN2O5S/c1-4-18(23(29(3,26)27)17-11-9-15(21)10-12-17)19(24)22-16-8-6-7-14(13-16)20(25)28-5-2/h6-13,18H,4-5H2,1-3H3,(H,22,24)/t18-/m1/s1. The molecule has 0 heterocycles. The molecule has 0 aromatic heterocycles. The highest BCUT2D eigenvalue weighted by Gasteiger charge is 2.31. The Kier molecular flexibility index (Phi) is 7.33. The number of carbonyl (C=O) groups is 2. The van der Waals surface area contributed by atoms with Crippen molar-refractivity contribution >= 4 is 33.3 Å². The molecular formula is C20H23FN2O5S. The maximum Gasteiger partial charge on any atom is 0.338 e. The molecule has 29 heavy (non-hydrogen) atoms. The van der Waals surface area contributed by atoms with Crippen molar-refractivity contribution in [2.75, 3.05) is 22.5 Å². The summed E-state index contributed by atoms with van der Waals surface area (Å²) in [5.74, 6) is -1.63. The number of rotatable bonds is 8. The second-order valence-corrected chi connectivity index (χ2v) is 8.11. The van der Waals surface area contributed by atoms with Gasteiger partial charge in [0.05, 0.1) is 24.1 Å². The topological polar surface area (TPSA) is 92.8 Å². The molecule has 1 N–H and O–H groups in total. The first-order chi connectivity index (χ1) is 13.7. The van der Waals surface area contributed by atoms with Gasteiger partial charge in [0.1, 0.15) is 11.9 Å². The van der Waals surface area contributed by atoms with E-state index in [0.29, 0.717) is 5.69 Å². The number of esters is 1. The van der Waals surface area contributed by atoms with E-state index in [4.69, 9.17) is 4.74 Å². The zero-order valence-corrected chi connectivity index (χ0v) is 17.2. The summed E-state index contributed by atoms with van der Waals surface area (Å²) in [6.07, 6.45) is 1.15. The van der Waals surface area contributed by atoms with Gasteiger partial charge in [-0.2, -0.15) is 0 Å². The van der Waals surface area contributed by atoms with Crippen molar-refractivity contribution in [3.05, 3.63) is 59.9 Å². The van der Waals surface area contributed by atoms with E-state index >= 15 is 0 Å². The maximum atomic E-state index is 13.2. The van der Waals surface area contributed by atoms with E-state index in [9.17, 15) is 22.4 Å². The van der Waals surface area contributed by atoms with Crippen LogP contribution in [0.1, 0.15) is 30.6 Å². The van der Waals surface area contributed by atoms with Crippen molar-refractivity contribution in [3.63, 3.8) is 0 Å². The summed E-state index contributed by atoms with van der Waals surface area (Å²) in [5.41, 5.74) is 0.763. The number of anilines is 2. The van der Waals surface area contributed by atoms with Crippen LogP contribution in [-0.4, -0.2) is 39.2 Å². The number of nitrogens with one attached hydrogen (secondary N) is 1. The number of hydrogen-bond donors (Lipinski definition) is 1. The molecule has 0 bridgehead atoms. The largest absolute Gasteiger partial charge is 0.462 e. The molecule has 156 valence electrons. The monoisotopic (exact) mass is 422 g/mol. The van der Waals surface area contributed by atoms with Gasteiger partial charge >= 0.3 is 5.97 Å². The van der Waals surface area contributed by atoms with Crippen molar-refractivity contribution in [2.45, 2.75) is 26.3 Å². The van der Waals surface area contributed by atoms with Crippen molar-refractivity contribution in [1.82, 2.24) is 0 Å². The van der Waals surface area contributed by atoms with E-state index in [1.165, 1.54) is 18.2 Å². The molecule has 0 saturated heterocycles. The molecule has 1 atom stereocenters. The average Bonchev–Trinajstić information content (AvgIpc) is 2.66. The summed E-state index contributed by atoms with van der Waals surface area (Å²) in [6.45, 7) is 3.57. The molecule has 0 unspecified atom stereocenters. The Bertz CT molecular complexity index is 977. The van der Waals surface area contributed by atoms with Crippen molar-refractivity contribution in [3.8, 4) is 0 Å². The Hall–Kier alpha value is -2.94. The van der Waals surface area contributed by atoms with Gasteiger partial charge in [-0.25, -0.2) is 17.6 Å². The van der Waals surface area contributed by atoms with Crippen LogP contribution < -0.4 is 9.62 Å². The molecule has 0 aliphatic rings. The van der Waals surface area contributed by atoms with Gasteiger partial charge in [0.15, 0.2) is 0 Å². The van der Waals surface area contributed by atoms with Crippen LogP contribution in [0.2, 0.25) is 0 Å². The zero-order chi connectivity index (χ0) is 21.6. The van der Waals surface area contributed by atoms with Gasteiger partial charge < -0.3 is 10.1 Å². The average molecular weight is 422 g/mol. The fourth-order valence-corrected chi connectivity index (χ4v) is 4.02. The third kappa shape index (κ3) is 5.77. The molecule has 9 heteroatoms. The first kappa shape index (κ1) is 22.4. The van der Waals surface area contributed by atoms with Gasteiger partial charge in [0.25, 0.3) is 0 Å². The van der Waals surface area contributed by atoms with Crippen molar-refractivity contribution in [1.29, 1.82) is 0 Å². The minimum Gasteiger partial charge on any atom is -0.462 e. The summed E-state index contributed by atoms with van der Waals surface area (Å²) in [5, 5.41) is 2.64. The highest BCUT2D eigenvalue weighted by Crippen LogP contribution is 2.24. The number of amides is 1. The normalized spacial score (nSPS) is 12.1. The molecule has 0 spiro atoms. The summed E-state index contributed by atoms with van der Waals surface area (Å²) < 4.78 is 43.9. The molecule has 7 nitrogen and oxygen atoms in total. The van der Waals surface area contributed by atoms with Crippen LogP contribution in [0.15, 0.2) is 48.5 Å². The van der Waals surface area contributed by atoms with Gasteiger partial charge in [-0.05, 0) is 55.8 Å². The number of hydrogen-bond acceptors (Lipinski definition) is 5. The number of halogens is 1. The molecule has 0 saturated carbocycles. The Morgan fingerprint density at radius 2 is 1.79 bits per heavy atom. The Morgan fingerprint density at radius 1 is 1.14 bits per heavy atom. The van der Waals surface area contributed by atoms with Gasteiger partial charge in [0.2, 0.25) is 15.9 Å². The van der Waals surface area contributed by atoms with Crippen molar-refractivity contribution in [2.24, 2.45) is 0 Å². The molecule has 2 aromatic carbocycles. The molecule has 2 aromatic rings. The molecule has 0 aliphatic carbocycles. The lowest BCUT2D eigenvalue weighted by Gasteiger charge is -2.30. The first-order valence-electron chi connectivity index (χ1n) is 9.00. The quantitative estimate of drug-likeness (QED) is 0.660. The van der Waals surface area contributed by atoms with Crippen LogP contribution in [0, 0.1) is 5.82 Å². The SMILES string of the molecule is CCOC(=O)c1cccc(NC(=O)[C@@H](CC)N(c2ccc(F)cc2)S(C)(=O)=O)c1. The fourth-order valence-electron chi connectivity index (χ4n) is 2.81. The van der Waals surface area contributed by atoms with Crippen LogP contribution in [-0.2, 0) is 19.6 Å². The minimum absolute atomic E-state index is 0.174. The zero-order valence-electron chi connectivity index (χ0n) is 16.4. The molecule has 1 amide bonds. The van der Waals surface area contributed by atoms with Crippen molar-refractivity contribution < 1.29 is 27.1 Å². The predicted molar refractivity (Wildman–Crippen MR) is 109 cm³/mol. The molecule has 0 radical (unpaired) electrons. The van der Waals surface area contributed by atoms with Gasteiger partial charge in [-0.1, -0.05) is 13.0 Å². The van der Waals surface area contributed by atoms with Gasteiger partial charge in [0, 0.05) is 5.69 Å². The predicted octanol–water partition coefficient (Wildman–Crippen LogP) is 3.19. The minimum atomic E-state index is -3.83. The van der Waals surface area contributed by atoms with Gasteiger partial charge in [-0.15, -0.1) is 0 Å². The molecule has 2 rings (SSSR count). The van der Waals surface area contributed by atoms with E-state index < -0.39 is 33.8 Å². The number of sulfonamides is 1. The van der Waals surface area contributed by atoms with Gasteiger partial charge in [-0.3, -0.25) is 9.10 Å². The number of nitrogens with zero attached hydrogens (tertiary/aromatic N) is 1. The lowest BCUT2D eigenvalue weighted by atomic mass is 10.1. The van der Waals surface area contributed by atoms with Crippen LogP contribution in [0.4, 0.5) is 15.8 Å². The first-order valence-corrected chi connectivity index (χ1v) is 10.8. The van der Waals surface area contributed by atoms with Crippen LogP contribution in [0.5, 0.6) is 0 Å². The second-order valence-electron chi connectivity index (χ2n) is 6.25. The maximum absolute atomic E-state index is 13.2. The second kappa shape index (κ2) is 9.51. The smallest absolute Gasteiger partial charge is 0.338 e. The Balaban J connectivity index is 2.32. The number of benzene rings is 2. The van der Waals surface area contributed by atoms with Crippen LogP contribution >= 0.6 is 0 Å². The summed E-state index contributed by atoms with van der Waals surface area (Å²) in [4.78, 5) is 24.7. The summed E-state index contributed by atoms with van der Waals surface area (Å²) in [7, 11) is -3.83. The summed E-state index contributed by atoms with van der Waals surface area (Å²) >= 11 is 0. The van der Waals surface area contributed by atoms with E-state index in [2.05, 4.69) is 5.32 Å².